The zero-order valence-corrected chi connectivity index (χ0v) is 16.8. The van der Waals surface area contributed by atoms with Crippen LogP contribution < -0.4 is 0 Å². The summed E-state index contributed by atoms with van der Waals surface area (Å²) in [5.41, 5.74) is 6.35. The summed E-state index contributed by atoms with van der Waals surface area (Å²) in [6.07, 6.45) is 7.50. The van der Waals surface area contributed by atoms with Crippen molar-refractivity contribution in [2.24, 2.45) is 0 Å². The van der Waals surface area contributed by atoms with Crippen molar-refractivity contribution >= 4 is 33.8 Å². The second-order valence-corrected chi connectivity index (χ2v) is 8.44. The summed E-state index contributed by atoms with van der Waals surface area (Å²) in [5, 5.41) is 13.1. The topological polar surface area (TPSA) is 62.2 Å². The van der Waals surface area contributed by atoms with Crippen molar-refractivity contribution in [3.8, 4) is 0 Å². The maximum absolute atomic E-state index is 11.1. The lowest BCUT2D eigenvalue weighted by atomic mass is 9.96. The van der Waals surface area contributed by atoms with Gasteiger partial charge in [-0.25, -0.2) is 0 Å². The number of fused-ring (bicyclic) bond motifs is 2. The number of nitro groups is 1. The molecular weight excluding hydrogens is 386 g/mol. The van der Waals surface area contributed by atoms with Crippen molar-refractivity contribution in [2.45, 2.75) is 25.2 Å². The van der Waals surface area contributed by atoms with Crippen molar-refractivity contribution in [3.63, 3.8) is 0 Å². The average molecular weight is 408 g/mol. The van der Waals surface area contributed by atoms with Gasteiger partial charge in [-0.3, -0.25) is 15.0 Å². The van der Waals surface area contributed by atoms with Gasteiger partial charge >= 0.3 is 0 Å². The van der Waals surface area contributed by atoms with Crippen LogP contribution >= 0.6 is 11.6 Å². The van der Waals surface area contributed by atoms with Crippen molar-refractivity contribution in [2.75, 3.05) is 19.6 Å². The first kappa shape index (κ1) is 18.4. The van der Waals surface area contributed by atoms with Gasteiger partial charge in [0, 0.05) is 59.5 Å². The zero-order chi connectivity index (χ0) is 20.0. The summed E-state index contributed by atoms with van der Waals surface area (Å²) < 4.78 is 0. The van der Waals surface area contributed by atoms with E-state index in [-0.39, 0.29) is 10.6 Å². The molecule has 0 fully saturated rings. The minimum Gasteiger partial charge on any atom is -0.361 e. The van der Waals surface area contributed by atoms with Crippen LogP contribution in [-0.2, 0) is 6.42 Å². The summed E-state index contributed by atoms with van der Waals surface area (Å²) >= 11 is 6.10. The number of nitrogens with one attached hydrogen (secondary N) is 1. The van der Waals surface area contributed by atoms with E-state index in [1.54, 1.807) is 12.1 Å². The molecule has 0 bridgehead atoms. The number of hydrogen-bond acceptors (Lipinski definition) is 3. The Kier molecular flexibility index (Phi) is 4.64. The fourth-order valence-electron chi connectivity index (χ4n) is 4.78. The van der Waals surface area contributed by atoms with Crippen molar-refractivity contribution < 1.29 is 4.92 Å². The zero-order valence-electron chi connectivity index (χ0n) is 16.0. The first-order valence-corrected chi connectivity index (χ1v) is 10.4. The molecular formula is C23H22ClN3O2. The Morgan fingerprint density at radius 3 is 2.90 bits per heavy atom. The van der Waals surface area contributed by atoms with Crippen LogP contribution in [0.3, 0.4) is 0 Å². The third-order valence-corrected chi connectivity index (χ3v) is 6.54. The summed E-state index contributed by atoms with van der Waals surface area (Å²) in [5.74, 6) is 0.384. The first-order valence-electron chi connectivity index (χ1n) is 10.0. The van der Waals surface area contributed by atoms with Crippen molar-refractivity contribution in [1.82, 2.24) is 9.88 Å². The van der Waals surface area contributed by atoms with Crippen LogP contribution in [-0.4, -0.2) is 34.4 Å². The van der Waals surface area contributed by atoms with E-state index >= 15 is 0 Å². The molecule has 0 spiro atoms. The fourth-order valence-corrected chi connectivity index (χ4v) is 4.95. The number of aryl methyl sites for hydroxylation is 1. The van der Waals surface area contributed by atoms with Gasteiger partial charge in [-0.2, -0.15) is 0 Å². The van der Waals surface area contributed by atoms with Gasteiger partial charge in [0.15, 0.2) is 0 Å². The van der Waals surface area contributed by atoms with Crippen LogP contribution in [0, 0.1) is 10.1 Å². The summed E-state index contributed by atoms with van der Waals surface area (Å²) in [6.45, 7) is 2.88. The van der Waals surface area contributed by atoms with E-state index in [4.69, 9.17) is 11.6 Å². The standard InChI is InChI=1S/C23H22ClN3O2/c24-18-4-6-20-22(13-25-23(20)11-18)16-7-9-26(10-8-16)14-17-2-1-15-3-5-19(27(28)29)12-21(15)17/h3-7,11-13,17,25H,1-2,8-10,14H2. The Hall–Kier alpha value is -2.63. The van der Waals surface area contributed by atoms with E-state index < -0.39 is 0 Å². The normalized spacial score (nSPS) is 19.3. The van der Waals surface area contributed by atoms with Crippen LogP contribution in [0.15, 0.2) is 48.7 Å². The van der Waals surface area contributed by atoms with Crippen LogP contribution in [0.5, 0.6) is 0 Å². The van der Waals surface area contributed by atoms with Crippen molar-refractivity contribution in [3.05, 3.63) is 80.5 Å². The van der Waals surface area contributed by atoms with Gasteiger partial charge in [-0.05, 0) is 54.0 Å². The second kappa shape index (κ2) is 7.32. The van der Waals surface area contributed by atoms with Gasteiger partial charge in [0.25, 0.3) is 5.69 Å². The Labute approximate surface area is 174 Å². The molecule has 3 aromatic rings. The average Bonchev–Trinajstić information content (AvgIpc) is 3.32. The molecule has 2 aromatic carbocycles. The second-order valence-electron chi connectivity index (χ2n) is 8.01. The smallest absolute Gasteiger partial charge is 0.269 e. The molecule has 5 nitrogen and oxygen atoms in total. The minimum absolute atomic E-state index is 0.205. The highest BCUT2D eigenvalue weighted by atomic mass is 35.5. The van der Waals surface area contributed by atoms with Gasteiger partial charge < -0.3 is 4.98 Å². The molecule has 0 saturated heterocycles. The van der Waals surface area contributed by atoms with E-state index in [1.165, 1.54) is 27.6 Å². The van der Waals surface area contributed by atoms with Crippen LogP contribution in [0.4, 0.5) is 5.69 Å². The molecule has 0 radical (unpaired) electrons. The lowest BCUT2D eigenvalue weighted by Crippen LogP contribution is -2.32. The fraction of sp³-hybridized carbons (Fsp3) is 0.304. The lowest BCUT2D eigenvalue weighted by molar-refractivity contribution is -0.384. The number of aromatic amines is 1. The quantitative estimate of drug-likeness (QED) is 0.455. The molecule has 1 N–H and O–H groups in total. The number of non-ortho nitro benzene ring substituents is 1. The molecule has 0 saturated carbocycles. The highest BCUT2D eigenvalue weighted by molar-refractivity contribution is 6.31. The minimum atomic E-state index is -0.292. The SMILES string of the molecule is O=[N+]([O-])c1ccc2c(c1)C(CN1CC=C(c3c[nH]c4cc(Cl)ccc34)CC1)CC2. The first-order chi connectivity index (χ1) is 14.1. The number of aromatic nitrogens is 1. The molecule has 148 valence electrons. The van der Waals surface area contributed by atoms with Gasteiger partial charge in [0.05, 0.1) is 4.92 Å². The molecule has 1 unspecified atom stereocenters. The number of halogens is 1. The molecule has 6 heteroatoms. The third-order valence-electron chi connectivity index (χ3n) is 6.30. The molecule has 1 aliphatic carbocycles. The van der Waals surface area contributed by atoms with E-state index in [2.05, 4.69) is 28.2 Å². The highest BCUT2D eigenvalue weighted by Crippen LogP contribution is 2.37. The molecule has 2 heterocycles. The van der Waals surface area contributed by atoms with Gasteiger partial charge in [-0.15, -0.1) is 0 Å². The van der Waals surface area contributed by atoms with Gasteiger partial charge in [-0.1, -0.05) is 29.8 Å². The van der Waals surface area contributed by atoms with Gasteiger partial charge in [0.2, 0.25) is 0 Å². The summed E-state index contributed by atoms with van der Waals surface area (Å²) in [4.78, 5) is 16.6. The molecule has 1 aromatic heterocycles. The van der Waals surface area contributed by atoms with E-state index in [0.717, 1.165) is 49.4 Å². The largest absolute Gasteiger partial charge is 0.361 e. The molecule has 2 aliphatic rings. The number of benzene rings is 2. The third kappa shape index (κ3) is 3.45. The van der Waals surface area contributed by atoms with Gasteiger partial charge in [0.1, 0.15) is 0 Å². The highest BCUT2D eigenvalue weighted by Gasteiger charge is 2.27. The Bertz CT molecular complexity index is 1130. The maximum atomic E-state index is 11.1. The lowest BCUT2D eigenvalue weighted by Gasteiger charge is -2.29. The molecule has 0 amide bonds. The number of rotatable bonds is 4. The van der Waals surface area contributed by atoms with E-state index in [1.807, 2.05) is 18.2 Å². The van der Waals surface area contributed by atoms with E-state index in [0.29, 0.717) is 5.92 Å². The number of hydrogen-bond donors (Lipinski definition) is 1. The van der Waals surface area contributed by atoms with Crippen LogP contribution in [0.25, 0.3) is 16.5 Å². The molecule has 1 atom stereocenters. The predicted molar refractivity (Wildman–Crippen MR) is 117 cm³/mol. The Balaban J connectivity index is 1.31. The monoisotopic (exact) mass is 407 g/mol. The molecule has 1 aliphatic heterocycles. The molecule has 5 rings (SSSR count). The van der Waals surface area contributed by atoms with E-state index in [9.17, 15) is 10.1 Å². The number of nitro benzene ring substituents is 1. The van der Waals surface area contributed by atoms with Crippen LogP contribution in [0.2, 0.25) is 5.02 Å². The predicted octanol–water partition coefficient (Wildman–Crippen LogP) is 5.55. The van der Waals surface area contributed by atoms with Crippen LogP contribution in [0.1, 0.15) is 35.4 Å². The number of nitrogens with zero attached hydrogens (tertiary/aromatic N) is 2. The molecule has 29 heavy (non-hydrogen) atoms. The Morgan fingerprint density at radius 1 is 1.21 bits per heavy atom. The summed E-state index contributed by atoms with van der Waals surface area (Å²) in [7, 11) is 0. The number of H-pyrrole nitrogens is 1. The Morgan fingerprint density at radius 2 is 2.10 bits per heavy atom. The maximum Gasteiger partial charge on any atom is 0.269 e. The summed E-state index contributed by atoms with van der Waals surface area (Å²) in [6, 6.07) is 11.3. The van der Waals surface area contributed by atoms with Crippen molar-refractivity contribution in [1.29, 1.82) is 0 Å².